The molecular formula is C11H6BrFN2O. The van der Waals surface area contributed by atoms with Crippen LogP contribution >= 0.6 is 15.9 Å². The van der Waals surface area contributed by atoms with Crippen molar-refractivity contribution in [3.8, 4) is 0 Å². The predicted octanol–water partition coefficient (Wildman–Crippen LogP) is 3.59. The van der Waals surface area contributed by atoms with Gasteiger partial charge in [-0.15, -0.1) is 0 Å². The second kappa shape index (κ2) is 3.25. The normalized spacial score (nSPS) is 11.4. The van der Waals surface area contributed by atoms with E-state index in [2.05, 4.69) is 25.9 Å². The van der Waals surface area contributed by atoms with Crippen molar-refractivity contribution in [1.82, 2.24) is 9.97 Å². The summed E-state index contributed by atoms with van der Waals surface area (Å²) in [4.78, 5) is 7.35. The largest absolute Gasteiger partial charge is 0.436 e. The van der Waals surface area contributed by atoms with Crippen LogP contribution in [0.4, 0.5) is 4.39 Å². The average Bonchev–Trinajstić information content (AvgIpc) is 2.57. The number of rotatable bonds is 0. The highest BCUT2D eigenvalue weighted by Crippen LogP contribution is 2.33. The van der Waals surface area contributed by atoms with Gasteiger partial charge in [0.05, 0.1) is 15.6 Å². The molecule has 0 spiro atoms. The van der Waals surface area contributed by atoms with E-state index in [-0.39, 0.29) is 5.71 Å². The van der Waals surface area contributed by atoms with E-state index in [1.165, 1.54) is 0 Å². The lowest BCUT2D eigenvalue weighted by molar-refractivity contribution is 0.527. The van der Waals surface area contributed by atoms with Crippen molar-refractivity contribution in [2.45, 2.75) is 6.92 Å². The second-order valence-electron chi connectivity index (χ2n) is 3.48. The van der Waals surface area contributed by atoms with Gasteiger partial charge >= 0.3 is 6.08 Å². The van der Waals surface area contributed by atoms with Crippen LogP contribution < -0.4 is 0 Å². The Labute approximate surface area is 98.4 Å². The van der Waals surface area contributed by atoms with Crippen LogP contribution in [0.2, 0.25) is 0 Å². The Morgan fingerprint density at radius 2 is 2.12 bits per heavy atom. The first-order chi connectivity index (χ1) is 7.66. The van der Waals surface area contributed by atoms with Crippen LogP contribution in [0.1, 0.15) is 5.69 Å². The minimum atomic E-state index is -0.764. The maximum atomic E-state index is 13.0. The van der Waals surface area contributed by atoms with Gasteiger partial charge in [0.25, 0.3) is 0 Å². The fraction of sp³-hybridized carbons (Fsp3) is 0.0909. The molecule has 0 amide bonds. The molecule has 16 heavy (non-hydrogen) atoms. The molecule has 2 aromatic heterocycles. The zero-order valence-corrected chi connectivity index (χ0v) is 9.88. The van der Waals surface area contributed by atoms with E-state index >= 15 is 0 Å². The van der Waals surface area contributed by atoms with Gasteiger partial charge in [-0.25, -0.2) is 4.98 Å². The number of hydrogen-bond donors (Lipinski definition) is 0. The molecule has 0 fully saturated rings. The van der Waals surface area contributed by atoms with Gasteiger partial charge in [-0.05, 0) is 28.9 Å². The van der Waals surface area contributed by atoms with Crippen LogP contribution in [0.15, 0.2) is 27.1 Å². The zero-order chi connectivity index (χ0) is 11.3. The monoisotopic (exact) mass is 280 g/mol. The Balaban J connectivity index is 2.61. The molecule has 0 N–H and O–H groups in total. The fourth-order valence-corrected chi connectivity index (χ4v) is 2.25. The molecule has 3 aromatic rings. The van der Waals surface area contributed by atoms with Gasteiger partial charge in [0.1, 0.15) is 0 Å². The fourth-order valence-electron chi connectivity index (χ4n) is 1.80. The third-order valence-electron chi connectivity index (χ3n) is 2.46. The molecule has 0 unspecified atom stereocenters. The molecule has 0 aliphatic carbocycles. The van der Waals surface area contributed by atoms with Crippen LogP contribution in [0.25, 0.3) is 22.1 Å². The molecule has 0 aliphatic rings. The van der Waals surface area contributed by atoms with Crippen LogP contribution in [0, 0.1) is 13.0 Å². The van der Waals surface area contributed by atoms with Crippen molar-refractivity contribution in [3.05, 3.63) is 34.4 Å². The molecule has 3 nitrogen and oxygen atoms in total. The highest BCUT2D eigenvalue weighted by Gasteiger charge is 2.14. The minimum absolute atomic E-state index is 0.284. The maximum absolute atomic E-state index is 13.0. The number of aromatic nitrogens is 2. The van der Waals surface area contributed by atoms with Crippen molar-refractivity contribution in [2.75, 3.05) is 0 Å². The first kappa shape index (κ1) is 9.72. The Kier molecular flexibility index (Phi) is 1.97. The van der Waals surface area contributed by atoms with E-state index in [1.807, 2.05) is 18.2 Å². The van der Waals surface area contributed by atoms with E-state index in [0.717, 1.165) is 15.2 Å². The Morgan fingerprint density at radius 3 is 2.94 bits per heavy atom. The van der Waals surface area contributed by atoms with Gasteiger partial charge < -0.3 is 4.42 Å². The Bertz CT molecular complexity index is 708. The lowest BCUT2D eigenvalue weighted by Gasteiger charge is -1.94. The van der Waals surface area contributed by atoms with Crippen molar-refractivity contribution in [2.24, 2.45) is 0 Å². The van der Waals surface area contributed by atoms with E-state index < -0.39 is 6.08 Å². The molecule has 2 heterocycles. The standard InChI is InChI=1S/C11H6BrFN2O/c1-5-8-6-3-2-4-7(12)9(6)16-10(8)15-11(13)14-5/h2-4H,1H3. The molecule has 3 rings (SSSR count). The Morgan fingerprint density at radius 1 is 1.31 bits per heavy atom. The van der Waals surface area contributed by atoms with Gasteiger partial charge in [0.15, 0.2) is 5.58 Å². The van der Waals surface area contributed by atoms with Gasteiger partial charge in [-0.2, -0.15) is 9.37 Å². The zero-order valence-electron chi connectivity index (χ0n) is 8.29. The average molecular weight is 281 g/mol. The number of nitrogens with zero attached hydrogens (tertiary/aromatic N) is 2. The molecule has 5 heteroatoms. The summed E-state index contributed by atoms with van der Waals surface area (Å²) < 4.78 is 19.4. The van der Waals surface area contributed by atoms with E-state index in [1.54, 1.807) is 6.92 Å². The van der Waals surface area contributed by atoms with Crippen molar-refractivity contribution in [1.29, 1.82) is 0 Å². The summed E-state index contributed by atoms with van der Waals surface area (Å²) in [5, 5.41) is 1.65. The van der Waals surface area contributed by atoms with Crippen LogP contribution in [0.3, 0.4) is 0 Å². The number of aryl methyl sites for hydroxylation is 1. The van der Waals surface area contributed by atoms with E-state index in [4.69, 9.17) is 4.42 Å². The van der Waals surface area contributed by atoms with Gasteiger partial charge in [0, 0.05) is 5.39 Å². The van der Waals surface area contributed by atoms with Crippen molar-refractivity contribution < 1.29 is 8.81 Å². The molecule has 0 radical (unpaired) electrons. The third kappa shape index (κ3) is 1.24. The SMILES string of the molecule is Cc1nc(F)nc2oc3c(Br)cccc3c12. The number of hydrogen-bond acceptors (Lipinski definition) is 3. The summed E-state index contributed by atoms with van der Waals surface area (Å²) in [6.45, 7) is 1.74. The van der Waals surface area contributed by atoms with Gasteiger partial charge in [-0.1, -0.05) is 12.1 Å². The quantitative estimate of drug-likeness (QED) is 0.591. The molecule has 0 saturated heterocycles. The molecule has 80 valence electrons. The van der Waals surface area contributed by atoms with Crippen LogP contribution in [0.5, 0.6) is 0 Å². The second-order valence-corrected chi connectivity index (χ2v) is 4.33. The van der Waals surface area contributed by atoms with Crippen molar-refractivity contribution in [3.63, 3.8) is 0 Å². The topological polar surface area (TPSA) is 38.9 Å². The molecule has 1 aromatic carbocycles. The number of benzene rings is 1. The third-order valence-corrected chi connectivity index (χ3v) is 3.09. The number of halogens is 2. The number of fused-ring (bicyclic) bond motifs is 3. The van der Waals surface area contributed by atoms with Gasteiger partial charge in [0.2, 0.25) is 5.71 Å². The summed E-state index contributed by atoms with van der Waals surface area (Å²) in [5.74, 6) is 0. The van der Waals surface area contributed by atoms with Crippen LogP contribution in [-0.2, 0) is 0 Å². The minimum Gasteiger partial charge on any atom is -0.436 e. The number of furan rings is 1. The maximum Gasteiger partial charge on any atom is 0.312 e. The summed E-state index contributed by atoms with van der Waals surface area (Å²) in [6, 6.07) is 5.66. The summed E-state index contributed by atoms with van der Waals surface area (Å²) in [6.07, 6.45) is -0.764. The molecular weight excluding hydrogens is 275 g/mol. The van der Waals surface area contributed by atoms with Gasteiger partial charge in [-0.3, -0.25) is 0 Å². The van der Waals surface area contributed by atoms with E-state index in [9.17, 15) is 4.39 Å². The lowest BCUT2D eigenvalue weighted by Crippen LogP contribution is -1.91. The summed E-state index contributed by atoms with van der Waals surface area (Å²) in [5.41, 5.74) is 1.53. The first-order valence-electron chi connectivity index (χ1n) is 4.67. The summed E-state index contributed by atoms with van der Waals surface area (Å²) >= 11 is 3.38. The van der Waals surface area contributed by atoms with E-state index in [0.29, 0.717) is 11.3 Å². The highest BCUT2D eigenvalue weighted by molar-refractivity contribution is 9.10. The summed E-state index contributed by atoms with van der Waals surface area (Å²) in [7, 11) is 0. The lowest BCUT2D eigenvalue weighted by atomic mass is 10.2. The molecule has 0 bridgehead atoms. The highest BCUT2D eigenvalue weighted by atomic mass is 79.9. The van der Waals surface area contributed by atoms with Crippen LogP contribution in [-0.4, -0.2) is 9.97 Å². The van der Waals surface area contributed by atoms with Crippen molar-refractivity contribution >= 4 is 38.0 Å². The molecule has 0 aliphatic heterocycles. The smallest absolute Gasteiger partial charge is 0.312 e. The molecule has 0 atom stereocenters. The Hall–Kier alpha value is -1.49. The first-order valence-corrected chi connectivity index (χ1v) is 5.47. The molecule has 0 saturated carbocycles. The predicted molar refractivity (Wildman–Crippen MR) is 61.7 cm³/mol. The number of para-hydroxylation sites is 1.